The number of nitriles is 1. The lowest BCUT2D eigenvalue weighted by atomic mass is 10.00. The summed E-state index contributed by atoms with van der Waals surface area (Å²) < 4.78 is 16.7. The van der Waals surface area contributed by atoms with E-state index in [1.54, 1.807) is 37.3 Å². The van der Waals surface area contributed by atoms with E-state index in [0.29, 0.717) is 50.5 Å². The van der Waals surface area contributed by atoms with Crippen molar-refractivity contribution >= 4 is 39.1 Å². The standard InChI is InChI=1S/C24H23BrClFN4O/c1-3-5-6-21-18(11-15-7-8-16(25)12-20(15)27)23(14-28)31(30-21)22-13-17(9-10-19(22)26)29-24(32)4-2/h7-10,12-13H,3-6,11H2,1-2H3,(H,29,32). The minimum absolute atomic E-state index is 0.130. The molecule has 0 aliphatic heterocycles. The summed E-state index contributed by atoms with van der Waals surface area (Å²) in [5, 5.41) is 17.9. The van der Waals surface area contributed by atoms with Crippen molar-refractivity contribution in [1.29, 1.82) is 5.26 Å². The van der Waals surface area contributed by atoms with Crippen molar-refractivity contribution in [3.8, 4) is 11.8 Å². The van der Waals surface area contributed by atoms with Crippen LogP contribution in [0.2, 0.25) is 5.02 Å². The summed E-state index contributed by atoms with van der Waals surface area (Å²) in [5.41, 5.74) is 3.26. The molecule has 3 rings (SSSR count). The fraction of sp³-hybridized carbons (Fsp3) is 0.292. The Labute approximate surface area is 200 Å². The van der Waals surface area contributed by atoms with Gasteiger partial charge in [0.25, 0.3) is 0 Å². The predicted molar refractivity (Wildman–Crippen MR) is 128 cm³/mol. The number of anilines is 1. The van der Waals surface area contributed by atoms with Crippen molar-refractivity contribution in [3.63, 3.8) is 0 Å². The summed E-state index contributed by atoms with van der Waals surface area (Å²) >= 11 is 9.73. The lowest BCUT2D eigenvalue weighted by molar-refractivity contribution is -0.115. The van der Waals surface area contributed by atoms with Crippen molar-refractivity contribution in [3.05, 3.63) is 74.2 Å². The van der Waals surface area contributed by atoms with Crippen LogP contribution in [0.5, 0.6) is 0 Å². The SMILES string of the molecule is CCCCc1nn(-c2cc(NC(=O)CC)ccc2Cl)c(C#N)c1Cc1ccc(Br)cc1F. The van der Waals surface area contributed by atoms with E-state index >= 15 is 0 Å². The first-order valence-electron chi connectivity index (χ1n) is 10.4. The zero-order valence-electron chi connectivity index (χ0n) is 17.9. The van der Waals surface area contributed by atoms with Crippen LogP contribution in [0.25, 0.3) is 5.69 Å². The average Bonchev–Trinajstić information content (AvgIpc) is 3.12. The van der Waals surface area contributed by atoms with Gasteiger partial charge in [-0.05, 0) is 48.7 Å². The molecule has 2 aromatic carbocycles. The number of aromatic nitrogens is 2. The quantitative estimate of drug-likeness (QED) is 0.367. The molecule has 0 fully saturated rings. The maximum absolute atomic E-state index is 14.6. The van der Waals surface area contributed by atoms with E-state index in [1.807, 2.05) is 0 Å². The minimum atomic E-state index is -0.347. The molecule has 32 heavy (non-hydrogen) atoms. The number of benzene rings is 2. The number of carbonyl (C=O) groups is 1. The van der Waals surface area contributed by atoms with Crippen LogP contribution >= 0.6 is 27.5 Å². The second kappa shape index (κ2) is 10.8. The highest BCUT2D eigenvalue weighted by atomic mass is 79.9. The van der Waals surface area contributed by atoms with Gasteiger partial charge < -0.3 is 5.32 Å². The maximum atomic E-state index is 14.6. The van der Waals surface area contributed by atoms with Crippen LogP contribution in [0.4, 0.5) is 10.1 Å². The second-order valence-corrected chi connectivity index (χ2v) is 8.70. The number of halogens is 3. The zero-order chi connectivity index (χ0) is 23.3. The largest absolute Gasteiger partial charge is 0.326 e. The smallest absolute Gasteiger partial charge is 0.224 e. The van der Waals surface area contributed by atoms with Gasteiger partial charge >= 0.3 is 0 Å². The molecular weight excluding hydrogens is 495 g/mol. The molecule has 0 aliphatic carbocycles. The van der Waals surface area contributed by atoms with Crippen molar-refractivity contribution in [2.24, 2.45) is 0 Å². The second-order valence-electron chi connectivity index (χ2n) is 7.38. The lowest BCUT2D eigenvalue weighted by Gasteiger charge is -2.10. The topological polar surface area (TPSA) is 70.7 Å². The number of amides is 1. The van der Waals surface area contributed by atoms with Gasteiger partial charge in [-0.15, -0.1) is 0 Å². The van der Waals surface area contributed by atoms with E-state index in [1.165, 1.54) is 10.7 Å². The number of hydrogen-bond donors (Lipinski definition) is 1. The Hall–Kier alpha value is -2.69. The van der Waals surface area contributed by atoms with E-state index in [9.17, 15) is 14.4 Å². The maximum Gasteiger partial charge on any atom is 0.224 e. The molecule has 0 radical (unpaired) electrons. The monoisotopic (exact) mass is 516 g/mol. The molecule has 8 heteroatoms. The summed E-state index contributed by atoms with van der Waals surface area (Å²) in [6.45, 7) is 3.84. The third kappa shape index (κ3) is 5.37. The fourth-order valence-corrected chi connectivity index (χ4v) is 3.90. The number of hydrogen-bond acceptors (Lipinski definition) is 3. The van der Waals surface area contributed by atoms with Crippen LogP contribution in [0.15, 0.2) is 40.9 Å². The van der Waals surface area contributed by atoms with E-state index in [-0.39, 0.29) is 18.1 Å². The molecule has 1 amide bonds. The first-order valence-corrected chi connectivity index (χ1v) is 11.6. The molecule has 166 valence electrons. The number of nitrogens with zero attached hydrogens (tertiary/aromatic N) is 3. The van der Waals surface area contributed by atoms with Crippen LogP contribution in [0.1, 0.15) is 55.6 Å². The molecule has 0 spiro atoms. The van der Waals surface area contributed by atoms with Gasteiger partial charge in [0.2, 0.25) is 5.91 Å². The van der Waals surface area contributed by atoms with Gasteiger partial charge in [-0.3, -0.25) is 4.79 Å². The van der Waals surface area contributed by atoms with Gasteiger partial charge in [-0.25, -0.2) is 9.07 Å². The summed E-state index contributed by atoms with van der Waals surface area (Å²) in [7, 11) is 0. The minimum Gasteiger partial charge on any atom is -0.326 e. The first kappa shape index (κ1) is 24.0. The Bertz CT molecular complexity index is 1190. The van der Waals surface area contributed by atoms with Crippen LogP contribution < -0.4 is 5.32 Å². The highest BCUT2D eigenvalue weighted by Crippen LogP contribution is 2.30. The number of carbonyl (C=O) groups excluding carboxylic acids is 1. The summed E-state index contributed by atoms with van der Waals surface area (Å²) in [6.07, 6.45) is 3.09. The molecule has 0 atom stereocenters. The molecule has 5 nitrogen and oxygen atoms in total. The number of aryl methyl sites for hydroxylation is 1. The van der Waals surface area contributed by atoms with Gasteiger partial charge in [-0.2, -0.15) is 10.4 Å². The molecule has 1 heterocycles. The molecule has 0 saturated heterocycles. The van der Waals surface area contributed by atoms with Crippen molar-refractivity contribution in [2.75, 3.05) is 5.32 Å². The lowest BCUT2D eigenvalue weighted by Crippen LogP contribution is -2.10. The molecule has 1 N–H and O–H groups in total. The van der Waals surface area contributed by atoms with Gasteiger partial charge in [0.15, 0.2) is 0 Å². The van der Waals surface area contributed by atoms with Crippen molar-refractivity contribution in [1.82, 2.24) is 9.78 Å². The molecule has 0 bridgehead atoms. The van der Waals surface area contributed by atoms with Crippen molar-refractivity contribution in [2.45, 2.75) is 46.0 Å². The summed E-state index contributed by atoms with van der Waals surface area (Å²) in [4.78, 5) is 11.8. The Kier molecular flexibility index (Phi) is 8.05. The predicted octanol–water partition coefficient (Wildman–Crippen LogP) is 6.58. The molecule has 0 saturated carbocycles. The zero-order valence-corrected chi connectivity index (χ0v) is 20.2. The van der Waals surface area contributed by atoms with Gasteiger partial charge in [0.1, 0.15) is 17.6 Å². The normalized spacial score (nSPS) is 10.8. The van der Waals surface area contributed by atoms with Crippen LogP contribution in [-0.4, -0.2) is 15.7 Å². The van der Waals surface area contributed by atoms with Crippen LogP contribution in [0, 0.1) is 17.1 Å². The molecule has 0 unspecified atom stereocenters. The van der Waals surface area contributed by atoms with E-state index in [2.05, 4.69) is 34.2 Å². The van der Waals surface area contributed by atoms with Crippen LogP contribution in [-0.2, 0) is 17.6 Å². The van der Waals surface area contributed by atoms with Gasteiger partial charge in [0.05, 0.1) is 16.4 Å². The van der Waals surface area contributed by atoms with Gasteiger partial charge in [-0.1, -0.05) is 53.9 Å². The molecular formula is C24H23BrClFN4O. The Balaban J connectivity index is 2.12. The molecule has 3 aromatic rings. The third-order valence-corrected chi connectivity index (χ3v) is 5.91. The highest BCUT2D eigenvalue weighted by Gasteiger charge is 2.22. The Morgan fingerprint density at radius 3 is 2.72 bits per heavy atom. The number of nitrogens with one attached hydrogen (secondary N) is 1. The van der Waals surface area contributed by atoms with E-state index in [0.717, 1.165) is 18.5 Å². The van der Waals surface area contributed by atoms with E-state index in [4.69, 9.17) is 16.7 Å². The Morgan fingerprint density at radius 2 is 2.06 bits per heavy atom. The third-order valence-electron chi connectivity index (χ3n) is 5.10. The van der Waals surface area contributed by atoms with Gasteiger partial charge in [0, 0.05) is 28.6 Å². The first-order chi connectivity index (χ1) is 15.4. The number of rotatable bonds is 8. The van der Waals surface area contributed by atoms with Crippen LogP contribution in [0.3, 0.4) is 0 Å². The average molecular weight is 518 g/mol. The summed E-state index contributed by atoms with van der Waals surface area (Å²) in [5.74, 6) is -0.478. The Morgan fingerprint density at radius 1 is 1.28 bits per heavy atom. The van der Waals surface area contributed by atoms with E-state index < -0.39 is 0 Å². The highest BCUT2D eigenvalue weighted by molar-refractivity contribution is 9.10. The summed E-state index contributed by atoms with van der Waals surface area (Å²) in [6, 6.07) is 12.2. The molecule has 0 aliphatic rings. The van der Waals surface area contributed by atoms with Crippen molar-refractivity contribution < 1.29 is 9.18 Å². The molecule has 1 aromatic heterocycles. The number of unbranched alkanes of at least 4 members (excludes halogenated alkanes) is 1. The fourth-order valence-electron chi connectivity index (χ4n) is 3.37.